The maximum atomic E-state index is 5.77. The highest BCUT2D eigenvalue weighted by molar-refractivity contribution is 6.29. The van der Waals surface area contributed by atoms with E-state index in [4.69, 9.17) is 11.6 Å². The van der Waals surface area contributed by atoms with Gasteiger partial charge in [0.15, 0.2) is 0 Å². The van der Waals surface area contributed by atoms with Crippen LogP contribution in [0.1, 0.15) is 16.7 Å². The summed E-state index contributed by atoms with van der Waals surface area (Å²) in [7, 11) is 0. The van der Waals surface area contributed by atoms with Gasteiger partial charge in [-0.15, -0.1) is 0 Å². The van der Waals surface area contributed by atoms with Crippen LogP contribution in [0.4, 0.5) is 5.82 Å². The van der Waals surface area contributed by atoms with E-state index in [0.717, 1.165) is 13.0 Å². The van der Waals surface area contributed by atoms with Crippen molar-refractivity contribution in [2.75, 3.05) is 11.9 Å². The molecule has 1 aromatic heterocycles. The molecule has 1 heterocycles. The number of rotatable bonds is 4. The Morgan fingerprint density at radius 2 is 1.83 bits per heavy atom. The van der Waals surface area contributed by atoms with Crippen LogP contribution in [0, 0.1) is 13.8 Å². The normalized spacial score (nSPS) is 10.4. The van der Waals surface area contributed by atoms with Crippen molar-refractivity contribution in [3.05, 3.63) is 52.4 Å². The van der Waals surface area contributed by atoms with Crippen molar-refractivity contribution in [2.24, 2.45) is 0 Å². The topological polar surface area (TPSA) is 37.8 Å². The van der Waals surface area contributed by atoms with Crippen LogP contribution in [0.25, 0.3) is 0 Å². The van der Waals surface area contributed by atoms with Crippen molar-refractivity contribution >= 4 is 17.4 Å². The third-order valence-corrected chi connectivity index (χ3v) is 2.79. The first-order valence-corrected chi connectivity index (χ1v) is 6.30. The smallest absolute Gasteiger partial charge is 0.149 e. The zero-order chi connectivity index (χ0) is 13.0. The highest BCUT2D eigenvalue weighted by atomic mass is 35.5. The Morgan fingerprint density at radius 1 is 1.11 bits per heavy atom. The Balaban J connectivity index is 1.92. The summed E-state index contributed by atoms with van der Waals surface area (Å²) in [5, 5.41) is 3.62. The summed E-state index contributed by atoms with van der Waals surface area (Å²) in [5.41, 5.74) is 3.93. The van der Waals surface area contributed by atoms with Crippen LogP contribution in [0.2, 0.25) is 5.15 Å². The lowest BCUT2D eigenvalue weighted by Crippen LogP contribution is -2.06. The number of aromatic nitrogens is 2. The highest BCUT2D eigenvalue weighted by Crippen LogP contribution is 2.10. The molecule has 1 aromatic carbocycles. The second-order valence-electron chi connectivity index (χ2n) is 4.40. The minimum Gasteiger partial charge on any atom is -0.368 e. The highest BCUT2D eigenvalue weighted by Gasteiger charge is 1.98. The molecule has 0 bridgehead atoms. The van der Waals surface area contributed by atoms with E-state index < -0.39 is 0 Å². The lowest BCUT2D eigenvalue weighted by Gasteiger charge is -2.07. The molecule has 0 saturated heterocycles. The van der Waals surface area contributed by atoms with Gasteiger partial charge < -0.3 is 5.32 Å². The Kier molecular flexibility index (Phi) is 4.15. The van der Waals surface area contributed by atoms with E-state index in [1.165, 1.54) is 22.9 Å². The number of hydrogen-bond acceptors (Lipinski definition) is 3. The number of nitrogens with one attached hydrogen (secondary N) is 1. The molecule has 3 nitrogen and oxygen atoms in total. The molecular weight excluding hydrogens is 246 g/mol. The minimum atomic E-state index is 0.409. The summed E-state index contributed by atoms with van der Waals surface area (Å²) < 4.78 is 0. The summed E-state index contributed by atoms with van der Waals surface area (Å²) in [6.45, 7) is 5.05. The van der Waals surface area contributed by atoms with Crippen LogP contribution in [-0.4, -0.2) is 16.5 Å². The summed E-state index contributed by atoms with van der Waals surface area (Å²) >= 11 is 5.77. The Labute approximate surface area is 112 Å². The van der Waals surface area contributed by atoms with Crippen molar-refractivity contribution in [3.63, 3.8) is 0 Å². The van der Waals surface area contributed by atoms with E-state index in [0.29, 0.717) is 11.0 Å². The van der Waals surface area contributed by atoms with Crippen LogP contribution in [0.15, 0.2) is 30.6 Å². The van der Waals surface area contributed by atoms with Crippen LogP contribution < -0.4 is 5.32 Å². The standard InChI is InChI=1S/C14H16ClN3/c1-10-5-11(2)7-12(6-10)3-4-17-14-9-16-8-13(15)18-14/h5-9H,3-4H2,1-2H3,(H,17,18). The summed E-state index contributed by atoms with van der Waals surface area (Å²) in [6.07, 6.45) is 4.15. The number of aryl methyl sites for hydroxylation is 2. The largest absolute Gasteiger partial charge is 0.368 e. The lowest BCUT2D eigenvalue weighted by atomic mass is 10.1. The summed E-state index contributed by atoms with van der Waals surface area (Å²) in [5.74, 6) is 0.715. The van der Waals surface area contributed by atoms with Gasteiger partial charge in [-0.3, -0.25) is 4.98 Å². The first kappa shape index (κ1) is 12.8. The number of hydrogen-bond donors (Lipinski definition) is 1. The fourth-order valence-corrected chi connectivity index (χ4v) is 2.12. The number of nitrogens with zero attached hydrogens (tertiary/aromatic N) is 2. The molecule has 0 unspecified atom stereocenters. The fourth-order valence-electron chi connectivity index (χ4n) is 1.98. The summed E-state index contributed by atoms with van der Waals surface area (Å²) in [6, 6.07) is 6.59. The molecule has 18 heavy (non-hydrogen) atoms. The summed E-state index contributed by atoms with van der Waals surface area (Å²) in [4.78, 5) is 8.11. The molecule has 94 valence electrons. The molecule has 0 spiro atoms. The molecule has 0 aliphatic carbocycles. The molecule has 0 saturated carbocycles. The molecule has 2 aromatic rings. The third kappa shape index (κ3) is 3.70. The molecule has 0 aliphatic heterocycles. The maximum Gasteiger partial charge on any atom is 0.149 e. The third-order valence-electron chi connectivity index (χ3n) is 2.61. The molecule has 0 aliphatic rings. The Morgan fingerprint density at radius 3 is 2.50 bits per heavy atom. The quantitative estimate of drug-likeness (QED) is 0.917. The van der Waals surface area contributed by atoms with Crippen molar-refractivity contribution < 1.29 is 0 Å². The van der Waals surface area contributed by atoms with Crippen molar-refractivity contribution in [2.45, 2.75) is 20.3 Å². The predicted octanol–water partition coefficient (Wildman–Crippen LogP) is 3.40. The lowest BCUT2D eigenvalue weighted by molar-refractivity contribution is 0.994. The monoisotopic (exact) mass is 261 g/mol. The van der Waals surface area contributed by atoms with Crippen LogP contribution in [0.5, 0.6) is 0 Å². The molecule has 0 atom stereocenters. The average Bonchev–Trinajstić information content (AvgIpc) is 2.27. The minimum absolute atomic E-state index is 0.409. The van der Waals surface area contributed by atoms with Gasteiger partial charge in [0, 0.05) is 6.54 Å². The molecule has 0 fully saturated rings. The van der Waals surface area contributed by atoms with Gasteiger partial charge in [0.2, 0.25) is 0 Å². The molecule has 2 rings (SSSR count). The van der Waals surface area contributed by atoms with Crippen LogP contribution in [-0.2, 0) is 6.42 Å². The molecule has 1 N–H and O–H groups in total. The van der Waals surface area contributed by atoms with Gasteiger partial charge >= 0.3 is 0 Å². The average molecular weight is 262 g/mol. The molecule has 0 amide bonds. The molecule has 4 heteroatoms. The van der Waals surface area contributed by atoms with Gasteiger partial charge in [-0.25, -0.2) is 4.98 Å². The van der Waals surface area contributed by atoms with Gasteiger partial charge in [-0.1, -0.05) is 40.9 Å². The fraction of sp³-hybridized carbons (Fsp3) is 0.286. The van der Waals surface area contributed by atoms with Gasteiger partial charge in [-0.2, -0.15) is 0 Å². The van der Waals surface area contributed by atoms with Crippen LogP contribution in [0.3, 0.4) is 0 Å². The number of benzene rings is 1. The van der Waals surface area contributed by atoms with Crippen molar-refractivity contribution in [1.82, 2.24) is 9.97 Å². The SMILES string of the molecule is Cc1cc(C)cc(CCNc2cncc(Cl)n2)c1. The van der Waals surface area contributed by atoms with Gasteiger partial charge in [0.1, 0.15) is 11.0 Å². The van der Waals surface area contributed by atoms with E-state index in [9.17, 15) is 0 Å². The predicted molar refractivity (Wildman–Crippen MR) is 75.2 cm³/mol. The van der Waals surface area contributed by atoms with Gasteiger partial charge in [0.05, 0.1) is 12.4 Å². The zero-order valence-electron chi connectivity index (χ0n) is 10.6. The second kappa shape index (κ2) is 5.83. The van der Waals surface area contributed by atoms with Gasteiger partial charge in [-0.05, 0) is 25.8 Å². The van der Waals surface area contributed by atoms with E-state index >= 15 is 0 Å². The van der Waals surface area contributed by atoms with E-state index in [1.54, 1.807) is 6.20 Å². The number of halogens is 1. The van der Waals surface area contributed by atoms with E-state index in [1.807, 2.05) is 0 Å². The van der Waals surface area contributed by atoms with Crippen molar-refractivity contribution in [1.29, 1.82) is 0 Å². The number of anilines is 1. The first-order valence-electron chi connectivity index (χ1n) is 5.92. The van der Waals surface area contributed by atoms with Crippen LogP contribution >= 0.6 is 11.6 Å². The second-order valence-corrected chi connectivity index (χ2v) is 4.79. The van der Waals surface area contributed by atoms with Gasteiger partial charge in [0.25, 0.3) is 0 Å². The maximum absolute atomic E-state index is 5.77. The Hall–Kier alpha value is -1.61. The molecule has 0 radical (unpaired) electrons. The van der Waals surface area contributed by atoms with E-state index in [-0.39, 0.29) is 0 Å². The first-order chi connectivity index (χ1) is 8.63. The van der Waals surface area contributed by atoms with E-state index in [2.05, 4.69) is 47.3 Å². The Bertz CT molecular complexity index is 520. The van der Waals surface area contributed by atoms with Crippen molar-refractivity contribution in [3.8, 4) is 0 Å². The zero-order valence-corrected chi connectivity index (χ0v) is 11.3. The molecular formula is C14H16ClN3.